The number of nitrogen functional groups attached to an aromatic ring is 2. The van der Waals surface area contributed by atoms with Gasteiger partial charge in [-0.15, -0.1) is 0 Å². The lowest BCUT2D eigenvalue weighted by molar-refractivity contribution is 0.414. The molecule has 0 saturated heterocycles. The molecule has 0 amide bonds. The molecule has 2 rings (SSSR count). The molecule has 19 heavy (non-hydrogen) atoms. The van der Waals surface area contributed by atoms with Crippen LogP contribution in [-0.2, 0) is 5.75 Å². The number of thioether (sulfide) groups is 1. The number of aromatic nitrogens is 2. The van der Waals surface area contributed by atoms with Crippen LogP contribution in [0.5, 0.6) is 5.75 Å². The highest BCUT2D eigenvalue weighted by molar-refractivity contribution is 9.10. The van der Waals surface area contributed by atoms with E-state index in [1.165, 1.54) is 17.8 Å². The van der Waals surface area contributed by atoms with Gasteiger partial charge in [-0.3, -0.25) is 0 Å². The monoisotopic (exact) mass is 340 g/mol. The van der Waals surface area contributed by atoms with Gasteiger partial charge in [-0.05, 0) is 23.8 Å². The smallest absolute Gasteiger partial charge is 0.191 e. The molecule has 1 aromatic heterocycles. The SMILES string of the molecule is COc1ccc(Br)c(CSc2nc(N)cc(N)n2)c1. The van der Waals surface area contributed by atoms with E-state index in [-0.39, 0.29) is 0 Å². The predicted octanol–water partition coefficient (Wildman–Crippen LogP) is 2.70. The molecule has 0 spiro atoms. The van der Waals surface area contributed by atoms with E-state index in [0.717, 1.165) is 15.8 Å². The third-order valence-electron chi connectivity index (χ3n) is 2.35. The fourth-order valence-electron chi connectivity index (χ4n) is 1.46. The average Bonchev–Trinajstić information content (AvgIpc) is 2.37. The molecule has 1 heterocycles. The summed E-state index contributed by atoms with van der Waals surface area (Å²) in [5, 5.41) is 0.562. The molecule has 0 aliphatic heterocycles. The van der Waals surface area contributed by atoms with E-state index in [0.29, 0.717) is 22.5 Å². The van der Waals surface area contributed by atoms with E-state index in [1.54, 1.807) is 7.11 Å². The molecule has 0 unspecified atom stereocenters. The van der Waals surface area contributed by atoms with Crippen LogP contribution in [0.2, 0.25) is 0 Å². The standard InChI is InChI=1S/C12H13BrN4OS/c1-18-8-2-3-9(13)7(4-8)6-19-12-16-10(14)5-11(15)17-12/h2-5H,6H2,1H3,(H4,14,15,16,17). The second-order valence-electron chi connectivity index (χ2n) is 3.75. The quantitative estimate of drug-likeness (QED) is 0.657. The number of benzene rings is 1. The van der Waals surface area contributed by atoms with E-state index in [1.807, 2.05) is 18.2 Å². The van der Waals surface area contributed by atoms with Crippen molar-refractivity contribution in [3.05, 3.63) is 34.3 Å². The summed E-state index contributed by atoms with van der Waals surface area (Å²) in [6.45, 7) is 0. The fourth-order valence-corrected chi connectivity index (χ4v) is 2.89. The lowest BCUT2D eigenvalue weighted by atomic mass is 10.2. The van der Waals surface area contributed by atoms with Crippen molar-refractivity contribution < 1.29 is 4.74 Å². The number of nitrogens with two attached hydrogens (primary N) is 2. The van der Waals surface area contributed by atoms with Crippen LogP contribution >= 0.6 is 27.7 Å². The zero-order chi connectivity index (χ0) is 13.8. The van der Waals surface area contributed by atoms with E-state index in [9.17, 15) is 0 Å². The van der Waals surface area contributed by atoms with Crippen molar-refractivity contribution in [3.63, 3.8) is 0 Å². The van der Waals surface area contributed by atoms with Crippen molar-refractivity contribution in [1.29, 1.82) is 0 Å². The molecule has 1 aromatic carbocycles. The summed E-state index contributed by atoms with van der Waals surface area (Å²) < 4.78 is 6.21. The van der Waals surface area contributed by atoms with Gasteiger partial charge < -0.3 is 16.2 Å². The van der Waals surface area contributed by atoms with Gasteiger partial charge in [0.2, 0.25) is 0 Å². The lowest BCUT2D eigenvalue weighted by Gasteiger charge is -2.07. The van der Waals surface area contributed by atoms with Gasteiger partial charge in [0.25, 0.3) is 0 Å². The zero-order valence-corrected chi connectivity index (χ0v) is 12.7. The molecular weight excluding hydrogens is 328 g/mol. The number of nitrogens with zero attached hydrogens (tertiary/aromatic N) is 2. The third-order valence-corrected chi connectivity index (χ3v) is 4.02. The first-order chi connectivity index (χ1) is 9.08. The molecule has 4 N–H and O–H groups in total. The fraction of sp³-hybridized carbons (Fsp3) is 0.167. The maximum absolute atomic E-state index is 5.63. The minimum Gasteiger partial charge on any atom is -0.497 e. The normalized spacial score (nSPS) is 10.4. The van der Waals surface area contributed by atoms with Crippen molar-refractivity contribution in [2.75, 3.05) is 18.6 Å². The van der Waals surface area contributed by atoms with Crippen molar-refractivity contribution in [2.24, 2.45) is 0 Å². The van der Waals surface area contributed by atoms with Gasteiger partial charge in [-0.1, -0.05) is 27.7 Å². The highest BCUT2D eigenvalue weighted by atomic mass is 79.9. The molecule has 0 atom stereocenters. The molecule has 0 aliphatic rings. The van der Waals surface area contributed by atoms with Crippen LogP contribution in [0.3, 0.4) is 0 Å². The van der Waals surface area contributed by atoms with Gasteiger partial charge in [-0.25, -0.2) is 9.97 Å². The highest BCUT2D eigenvalue weighted by Crippen LogP contribution is 2.28. The summed E-state index contributed by atoms with van der Waals surface area (Å²) >= 11 is 4.97. The Hall–Kier alpha value is -1.47. The van der Waals surface area contributed by atoms with E-state index < -0.39 is 0 Å². The molecular formula is C12H13BrN4OS. The van der Waals surface area contributed by atoms with Crippen molar-refractivity contribution in [1.82, 2.24) is 9.97 Å². The number of ether oxygens (including phenoxy) is 1. The third kappa shape index (κ3) is 3.74. The zero-order valence-electron chi connectivity index (χ0n) is 10.3. The van der Waals surface area contributed by atoms with E-state index in [4.69, 9.17) is 16.2 Å². The van der Waals surface area contributed by atoms with Crippen LogP contribution in [-0.4, -0.2) is 17.1 Å². The Morgan fingerprint density at radius 2 is 1.89 bits per heavy atom. The molecule has 7 heteroatoms. The minimum atomic E-state index is 0.375. The Bertz CT molecular complexity index is 574. The first-order valence-electron chi connectivity index (χ1n) is 5.43. The molecule has 100 valence electrons. The topological polar surface area (TPSA) is 87.0 Å². The van der Waals surface area contributed by atoms with Crippen molar-refractivity contribution in [2.45, 2.75) is 10.9 Å². The van der Waals surface area contributed by atoms with Crippen LogP contribution in [0.4, 0.5) is 11.6 Å². The number of hydrogen-bond acceptors (Lipinski definition) is 6. The second kappa shape index (κ2) is 6.12. The molecule has 0 fully saturated rings. The Morgan fingerprint density at radius 3 is 2.53 bits per heavy atom. The van der Waals surface area contributed by atoms with Crippen LogP contribution in [0.1, 0.15) is 5.56 Å². The Morgan fingerprint density at radius 1 is 1.21 bits per heavy atom. The number of halogens is 1. The highest BCUT2D eigenvalue weighted by Gasteiger charge is 2.06. The van der Waals surface area contributed by atoms with Gasteiger partial charge in [-0.2, -0.15) is 0 Å². The van der Waals surface area contributed by atoms with Gasteiger partial charge in [0.1, 0.15) is 17.4 Å². The molecule has 5 nitrogen and oxygen atoms in total. The van der Waals surface area contributed by atoms with Gasteiger partial charge in [0, 0.05) is 16.3 Å². The summed E-state index contributed by atoms with van der Waals surface area (Å²) in [4.78, 5) is 8.25. The van der Waals surface area contributed by atoms with Crippen LogP contribution in [0, 0.1) is 0 Å². The van der Waals surface area contributed by atoms with Gasteiger partial charge in [0.05, 0.1) is 7.11 Å². The summed E-state index contributed by atoms with van der Waals surface area (Å²) in [5.41, 5.74) is 12.4. The second-order valence-corrected chi connectivity index (χ2v) is 5.54. The summed E-state index contributed by atoms with van der Waals surface area (Å²) in [6.07, 6.45) is 0. The average molecular weight is 341 g/mol. The largest absolute Gasteiger partial charge is 0.497 e. The number of hydrogen-bond donors (Lipinski definition) is 2. The van der Waals surface area contributed by atoms with Crippen molar-refractivity contribution in [3.8, 4) is 5.75 Å². The molecule has 2 aromatic rings. The van der Waals surface area contributed by atoms with Crippen molar-refractivity contribution >= 4 is 39.3 Å². The first kappa shape index (κ1) is 14.0. The molecule has 0 radical (unpaired) electrons. The maximum Gasteiger partial charge on any atom is 0.191 e. The molecule has 0 aliphatic carbocycles. The number of rotatable bonds is 4. The number of anilines is 2. The summed E-state index contributed by atoms with van der Waals surface area (Å²) in [5.74, 6) is 2.26. The van der Waals surface area contributed by atoms with Crippen LogP contribution in [0.15, 0.2) is 33.9 Å². The van der Waals surface area contributed by atoms with Gasteiger partial charge in [0.15, 0.2) is 5.16 Å². The lowest BCUT2D eigenvalue weighted by Crippen LogP contribution is -1.99. The van der Waals surface area contributed by atoms with E-state index in [2.05, 4.69) is 25.9 Å². The molecule has 0 saturated carbocycles. The minimum absolute atomic E-state index is 0.375. The van der Waals surface area contributed by atoms with Gasteiger partial charge >= 0.3 is 0 Å². The summed E-state index contributed by atoms with van der Waals surface area (Å²) in [7, 11) is 1.64. The van der Waals surface area contributed by atoms with E-state index >= 15 is 0 Å². The molecule has 0 bridgehead atoms. The first-order valence-corrected chi connectivity index (χ1v) is 7.21. The summed E-state index contributed by atoms with van der Waals surface area (Å²) in [6, 6.07) is 7.34. The Labute approximate surface area is 123 Å². The van der Waals surface area contributed by atoms with Crippen LogP contribution in [0.25, 0.3) is 0 Å². The Balaban J connectivity index is 2.13. The number of methoxy groups -OCH3 is 1. The maximum atomic E-state index is 5.63. The van der Waals surface area contributed by atoms with Crippen LogP contribution < -0.4 is 16.2 Å². The Kier molecular flexibility index (Phi) is 4.49. The predicted molar refractivity (Wildman–Crippen MR) is 81.1 cm³/mol.